The quantitative estimate of drug-likeness (QED) is 0.666. The van der Waals surface area contributed by atoms with Gasteiger partial charge in [0.05, 0.1) is 12.0 Å². The number of aromatic nitrogens is 2. The maximum absolute atomic E-state index is 13.0. The van der Waals surface area contributed by atoms with Crippen molar-refractivity contribution in [2.24, 2.45) is 0 Å². The van der Waals surface area contributed by atoms with E-state index in [4.69, 9.17) is 16.6 Å². The molecule has 3 rings (SSSR count). The summed E-state index contributed by atoms with van der Waals surface area (Å²) in [4.78, 5) is 6.83. The third kappa shape index (κ3) is 1.85. The van der Waals surface area contributed by atoms with E-state index in [1.54, 1.807) is 18.2 Å². The van der Waals surface area contributed by atoms with Gasteiger partial charge in [-0.25, -0.2) is 9.37 Å². The van der Waals surface area contributed by atoms with Crippen molar-refractivity contribution in [2.45, 2.75) is 0 Å². The predicted octanol–water partition coefficient (Wildman–Crippen LogP) is 3.69. The Morgan fingerprint density at radius 3 is 2.94 bits per heavy atom. The lowest BCUT2D eigenvalue weighted by Crippen LogP contribution is -1.82. The number of H-pyrrole nitrogens is 1. The van der Waals surface area contributed by atoms with Crippen molar-refractivity contribution < 1.29 is 8.81 Å². The molecule has 17 heavy (non-hydrogen) atoms. The predicted molar refractivity (Wildman–Crippen MR) is 64.6 cm³/mol. The Bertz CT molecular complexity index is 747. The highest BCUT2D eigenvalue weighted by Crippen LogP contribution is 2.26. The van der Waals surface area contributed by atoms with Crippen LogP contribution in [-0.4, -0.2) is 9.97 Å². The Balaban J connectivity index is 2.21. The van der Waals surface area contributed by atoms with Crippen LogP contribution in [0, 0.1) is 10.5 Å². The molecular weight excluding hydrogens is 239 g/mol. The van der Waals surface area contributed by atoms with Crippen LogP contribution in [-0.2, 0) is 0 Å². The van der Waals surface area contributed by atoms with E-state index in [1.807, 2.05) is 0 Å². The van der Waals surface area contributed by atoms with Gasteiger partial charge in [-0.05, 0) is 24.3 Å². The molecule has 84 valence electrons. The number of furan rings is 1. The maximum Gasteiger partial charge on any atom is 0.151 e. The van der Waals surface area contributed by atoms with Crippen LogP contribution in [0.15, 0.2) is 41.1 Å². The normalized spacial score (nSPS) is 10.9. The SMILES string of the molecule is Fc1ccc2oc(-c3cc(=S)nc[nH]3)cc2c1. The highest BCUT2D eigenvalue weighted by atomic mass is 32.1. The van der Waals surface area contributed by atoms with Crippen molar-refractivity contribution in [1.29, 1.82) is 0 Å². The Kier molecular flexibility index (Phi) is 2.26. The summed E-state index contributed by atoms with van der Waals surface area (Å²) < 4.78 is 19.1. The summed E-state index contributed by atoms with van der Waals surface area (Å²) in [5.74, 6) is 0.326. The summed E-state index contributed by atoms with van der Waals surface area (Å²) in [6.45, 7) is 0. The standard InChI is InChI=1S/C12H7FN2OS/c13-8-1-2-10-7(3-8)4-11(16-10)9-5-12(17)15-6-14-9/h1-6H,(H,14,15,17). The van der Waals surface area contributed by atoms with Gasteiger partial charge >= 0.3 is 0 Å². The van der Waals surface area contributed by atoms with Gasteiger partial charge in [-0.2, -0.15) is 0 Å². The van der Waals surface area contributed by atoms with Gasteiger partial charge in [0.2, 0.25) is 0 Å². The number of nitrogens with one attached hydrogen (secondary N) is 1. The van der Waals surface area contributed by atoms with Gasteiger partial charge in [-0.1, -0.05) is 12.2 Å². The summed E-state index contributed by atoms with van der Waals surface area (Å²) in [5, 5.41) is 0.719. The van der Waals surface area contributed by atoms with Crippen molar-refractivity contribution in [1.82, 2.24) is 9.97 Å². The van der Waals surface area contributed by atoms with Crippen molar-refractivity contribution in [3.05, 3.63) is 47.1 Å². The van der Waals surface area contributed by atoms with Crippen LogP contribution in [0.4, 0.5) is 4.39 Å². The molecule has 0 aliphatic rings. The molecule has 2 aromatic heterocycles. The molecule has 0 aliphatic heterocycles. The molecule has 0 atom stereocenters. The summed E-state index contributed by atoms with van der Waals surface area (Å²) in [7, 11) is 0. The van der Waals surface area contributed by atoms with Crippen LogP contribution in [0.25, 0.3) is 22.4 Å². The molecule has 0 amide bonds. The van der Waals surface area contributed by atoms with Crippen LogP contribution < -0.4 is 0 Å². The number of aromatic amines is 1. The van der Waals surface area contributed by atoms with E-state index in [1.165, 1.54) is 18.5 Å². The second-order valence-corrected chi connectivity index (χ2v) is 4.01. The fraction of sp³-hybridized carbons (Fsp3) is 0. The van der Waals surface area contributed by atoms with Crippen molar-refractivity contribution in [3.63, 3.8) is 0 Å². The maximum atomic E-state index is 13.0. The molecule has 0 saturated heterocycles. The fourth-order valence-electron chi connectivity index (χ4n) is 1.66. The first-order chi connectivity index (χ1) is 8.22. The minimum atomic E-state index is -0.285. The molecule has 0 radical (unpaired) electrons. The molecule has 0 spiro atoms. The van der Waals surface area contributed by atoms with Crippen LogP contribution >= 0.6 is 12.2 Å². The van der Waals surface area contributed by atoms with Crippen molar-refractivity contribution in [2.75, 3.05) is 0 Å². The third-order valence-electron chi connectivity index (χ3n) is 2.42. The lowest BCUT2D eigenvalue weighted by Gasteiger charge is -1.94. The molecule has 1 aromatic carbocycles. The number of hydrogen-bond acceptors (Lipinski definition) is 3. The number of rotatable bonds is 1. The molecule has 1 N–H and O–H groups in total. The minimum absolute atomic E-state index is 0.285. The number of benzene rings is 1. The van der Waals surface area contributed by atoms with Crippen LogP contribution in [0.3, 0.4) is 0 Å². The zero-order chi connectivity index (χ0) is 11.8. The monoisotopic (exact) mass is 246 g/mol. The third-order valence-corrected chi connectivity index (χ3v) is 2.65. The first-order valence-electron chi connectivity index (χ1n) is 4.96. The van der Waals surface area contributed by atoms with Gasteiger partial charge in [-0.15, -0.1) is 0 Å². The zero-order valence-corrected chi connectivity index (χ0v) is 9.42. The molecular formula is C12H7FN2OS. The average Bonchev–Trinajstić information content (AvgIpc) is 2.72. The van der Waals surface area contributed by atoms with E-state index in [0.717, 1.165) is 11.1 Å². The lowest BCUT2D eigenvalue weighted by atomic mass is 10.2. The van der Waals surface area contributed by atoms with Crippen LogP contribution in [0.2, 0.25) is 0 Å². The molecule has 0 unspecified atom stereocenters. The summed E-state index contributed by atoms with van der Waals surface area (Å²) in [6.07, 6.45) is 1.51. The second kappa shape index (κ2) is 3.78. The van der Waals surface area contributed by atoms with E-state index < -0.39 is 0 Å². The van der Waals surface area contributed by atoms with E-state index in [0.29, 0.717) is 16.0 Å². The van der Waals surface area contributed by atoms with E-state index in [2.05, 4.69) is 9.97 Å². The topological polar surface area (TPSA) is 41.8 Å². The fourth-order valence-corrected chi connectivity index (χ4v) is 1.83. The largest absolute Gasteiger partial charge is 0.455 e. The molecule has 2 heterocycles. The molecule has 3 nitrogen and oxygen atoms in total. The Morgan fingerprint density at radius 2 is 2.12 bits per heavy atom. The molecule has 0 fully saturated rings. The first-order valence-corrected chi connectivity index (χ1v) is 5.37. The molecule has 0 saturated carbocycles. The van der Waals surface area contributed by atoms with Crippen LogP contribution in [0.5, 0.6) is 0 Å². The highest BCUT2D eigenvalue weighted by Gasteiger charge is 2.07. The lowest BCUT2D eigenvalue weighted by molar-refractivity contribution is 0.617. The average molecular weight is 246 g/mol. The van der Waals surface area contributed by atoms with Crippen molar-refractivity contribution >= 4 is 23.2 Å². The first kappa shape index (κ1) is 10.2. The number of nitrogens with zero attached hydrogens (tertiary/aromatic N) is 1. The summed E-state index contributed by atoms with van der Waals surface area (Å²) in [5.41, 5.74) is 1.36. The molecule has 5 heteroatoms. The van der Waals surface area contributed by atoms with Gasteiger partial charge in [-0.3, -0.25) is 0 Å². The Morgan fingerprint density at radius 1 is 1.24 bits per heavy atom. The smallest absolute Gasteiger partial charge is 0.151 e. The van der Waals surface area contributed by atoms with Gasteiger partial charge in [0.1, 0.15) is 16.0 Å². The highest BCUT2D eigenvalue weighted by molar-refractivity contribution is 7.71. The van der Waals surface area contributed by atoms with Crippen LogP contribution in [0.1, 0.15) is 0 Å². The number of hydrogen-bond donors (Lipinski definition) is 1. The Hall–Kier alpha value is -2.01. The van der Waals surface area contributed by atoms with Gasteiger partial charge in [0.15, 0.2) is 5.76 Å². The van der Waals surface area contributed by atoms with E-state index in [-0.39, 0.29) is 5.82 Å². The summed E-state index contributed by atoms with van der Waals surface area (Å²) in [6, 6.07) is 7.86. The molecule has 0 aliphatic carbocycles. The van der Waals surface area contributed by atoms with Gasteiger partial charge in [0, 0.05) is 11.5 Å². The molecule has 3 aromatic rings. The van der Waals surface area contributed by atoms with E-state index >= 15 is 0 Å². The zero-order valence-electron chi connectivity index (χ0n) is 8.61. The van der Waals surface area contributed by atoms with Crippen molar-refractivity contribution in [3.8, 4) is 11.5 Å². The number of halogens is 1. The molecule has 0 bridgehead atoms. The minimum Gasteiger partial charge on any atom is -0.455 e. The second-order valence-electron chi connectivity index (χ2n) is 3.59. The number of fused-ring (bicyclic) bond motifs is 1. The van der Waals surface area contributed by atoms with Gasteiger partial charge < -0.3 is 9.40 Å². The Labute approximate surface area is 101 Å². The van der Waals surface area contributed by atoms with Gasteiger partial charge in [0.25, 0.3) is 0 Å². The summed E-state index contributed by atoms with van der Waals surface area (Å²) >= 11 is 4.97. The van der Waals surface area contributed by atoms with E-state index in [9.17, 15) is 4.39 Å².